The molecule has 16 heavy (non-hydrogen) atoms. The molecule has 90 valence electrons. The minimum Gasteiger partial charge on any atom is -0.395 e. The maximum Gasteiger partial charge on any atom is 0.222 e. The first-order valence-corrected chi connectivity index (χ1v) is 5.69. The molecule has 0 aliphatic rings. The van der Waals surface area contributed by atoms with E-state index < -0.39 is 0 Å². The summed E-state index contributed by atoms with van der Waals surface area (Å²) in [6.07, 6.45) is 4.50. The number of aliphatic hydroxyl groups excluding tert-OH is 1. The SMILES string of the molecule is CCNc1ncc(CN[C@H](CC)CO)cn1. The van der Waals surface area contributed by atoms with Crippen LogP contribution in [0.5, 0.6) is 0 Å². The van der Waals surface area contributed by atoms with Crippen LogP contribution < -0.4 is 10.6 Å². The summed E-state index contributed by atoms with van der Waals surface area (Å²) in [4.78, 5) is 8.35. The molecule has 0 unspecified atom stereocenters. The summed E-state index contributed by atoms with van der Waals surface area (Å²) in [6.45, 7) is 5.71. The van der Waals surface area contributed by atoms with E-state index in [0.717, 1.165) is 18.5 Å². The van der Waals surface area contributed by atoms with Gasteiger partial charge in [-0.25, -0.2) is 9.97 Å². The first-order valence-electron chi connectivity index (χ1n) is 5.69. The fraction of sp³-hybridized carbons (Fsp3) is 0.636. The van der Waals surface area contributed by atoms with Crippen molar-refractivity contribution < 1.29 is 5.11 Å². The lowest BCUT2D eigenvalue weighted by Crippen LogP contribution is -2.31. The molecule has 1 rings (SSSR count). The van der Waals surface area contributed by atoms with Gasteiger partial charge in [0.2, 0.25) is 5.95 Å². The molecule has 0 bridgehead atoms. The zero-order valence-corrected chi connectivity index (χ0v) is 9.90. The Morgan fingerprint density at radius 3 is 2.50 bits per heavy atom. The van der Waals surface area contributed by atoms with Crippen LogP contribution in [0.15, 0.2) is 12.4 Å². The van der Waals surface area contributed by atoms with Gasteiger partial charge in [0, 0.05) is 37.1 Å². The molecule has 3 N–H and O–H groups in total. The Hall–Kier alpha value is -1.20. The highest BCUT2D eigenvalue weighted by atomic mass is 16.3. The number of hydrogen-bond donors (Lipinski definition) is 3. The first-order chi connectivity index (χ1) is 7.80. The third kappa shape index (κ3) is 4.12. The van der Waals surface area contributed by atoms with Crippen LogP contribution in [0.3, 0.4) is 0 Å². The van der Waals surface area contributed by atoms with Crippen LogP contribution in [-0.2, 0) is 6.54 Å². The number of aromatic nitrogens is 2. The van der Waals surface area contributed by atoms with E-state index >= 15 is 0 Å². The number of nitrogens with one attached hydrogen (secondary N) is 2. The molecule has 1 atom stereocenters. The lowest BCUT2D eigenvalue weighted by atomic mass is 10.2. The topological polar surface area (TPSA) is 70.1 Å². The van der Waals surface area contributed by atoms with Crippen molar-refractivity contribution in [3.8, 4) is 0 Å². The molecule has 0 aromatic carbocycles. The van der Waals surface area contributed by atoms with Gasteiger partial charge in [0.25, 0.3) is 0 Å². The van der Waals surface area contributed by atoms with Crippen molar-refractivity contribution in [3.05, 3.63) is 18.0 Å². The maximum atomic E-state index is 9.01. The molecule has 1 aromatic heterocycles. The predicted molar refractivity (Wildman–Crippen MR) is 64.2 cm³/mol. The van der Waals surface area contributed by atoms with E-state index in [4.69, 9.17) is 5.11 Å². The zero-order chi connectivity index (χ0) is 11.8. The Labute approximate surface area is 96.3 Å². The minimum absolute atomic E-state index is 0.147. The lowest BCUT2D eigenvalue weighted by molar-refractivity contribution is 0.238. The van der Waals surface area contributed by atoms with Gasteiger partial charge in [-0.2, -0.15) is 0 Å². The standard InChI is InChI=1S/C11H20N4O/c1-3-10(8-16)13-5-9-6-14-11(12-4-2)15-7-9/h6-7,10,13,16H,3-5,8H2,1-2H3,(H,12,14,15)/t10-/m1/s1. The highest BCUT2D eigenvalue weighted by Crippen LogP contribution is 2.00. The molecule has 1 aromatic rings. The number of aliphatic hydroxyl groups is 1. The number of nitrogens with zero attached hydrogens (tertiary/aromatic N) is 2. The van der Waals surface area contributed by atoms with Gasteiger partial charge < -0.3 is 15.7 Å². The molecular formula is C11H20N4O. The second-order valence-electron chi connectivity index (χ2n) is 3.61. The van der Waals surface area contributed by atoms with Gasteiger partial charge in [-0.1, -0.05) is 6.92 Å². The van der Waals surface area contributed by atoms with Gasteiger partial charge in [0.05, 0.1) is 6.61 Å². The van der Waals surface area contributed by atoms with Crippen LogP contribution >= 0.6 is 0 Å². The predicted octanol–water partition coefficient (Wildman–Crippen LogP) is 0.769. The van der Waals surface area contributed by atoms with Crippen LogP contribution in [0.25, 0.3) is 0 Å². The molecule has 0 saturated heterocycles. The van der Waals surface area contributed by atoms with Gasteiger partial charge in [-0.05, 0) is 13.3 Å². The van der Waals surface area contributed by atoms with Crippen LogP contribution in [0.2, 0.25) is 0 Å². The van der Waals surface area contributed by atoms with E-state index in [-0.39, 0.29) is 12.6 Å². The number of rotatable bonds is 7. The van der Waals surface area contributed by atoms with Gasteiger partial charge in [0.15, 0.2) is 0 Å². The monoisotopic (exact) mass is 224 g/mol. The second-order valence-corrected chi connectivity index (χ2v) is 3.61. The fourth-order valence-electron chi connectivity index (χ4n) is 1.30. The summed E-state index contributed by atoms with van der Waals surface area (Å²) < 4.78 is 0. The van der Waals surface area contributed by atoms with E-state index in [2.05, 4.69) is 20.6 Å². The molecule has 5 nitrogen and oxygen atoms in total. The summed E-state index contributed by atoms with van der Waals surface area (Å²) in [7, 11) is 0. The first kappa shape index (κ1) is 12.9. The largest absolute Gasteiger partial charge is 0.395 e. The zero-order valence-electron chi connectivity index (χ0n) is 9.90. The second kappa shape index (κ2) is 7.14. The highest BCUT2D eigenvalue weighted by molar-refractivity contribution is 5.24. The van der Waals surface area contributed by atoms with Crippen molar-refractivity contribution in [2.75, 3.05) is 18.5 Å². The minimum atomic E-state index is 0.147. The normalized spacial score (nSPS) is 12.4. The molecule has 0 saturated carbocycles. The Morgan fingerprint density at radius 1 is 1.31 bits per heavy atom. The van der Waals surface area contributed by atoms with E-state index in [0.29, 0.717) is 12.5 Å². The smallest absolute Gasteiger partial charge is 0.222 e. The molecule has 0 amide bonds. The Bertz CT molecular complexity index is 285. The third-order valence-electron chi connectivity index (χ3n) is 2.35. The Morgan fingerprint density at radius 2 is 2.00 bits per heavy atom. The molecule has 0 radical (unpaired) electrons. The van der Waals surface area contributed by atoms with Crippen molar-refractivity contribution in [1.29, 1.82) is 0 Å². The number of anilines is 1. The molecule has 0 fully saturated rings. The van der Waals surface area contributed by atoms with Crippen LogP contribution in [0.1, 0.15) is 25.8 Å². The van der Waals surface area contributed by atoms with Crippen molar-refractivity contribution in [1.82, 2.24) is 15.3 Å². The fourth-order valence-corrected chi connectivity index (χ4v) is 1.30. The van der Waals surface area contributed by atoms with Crippen LogP contribution in [0, 0.1) is 0 Å². The average Bonchev–Trinajstić information content (AvgIpc) is 2.33. The maximum absolute atomic E-state index is 9.01. The van der Waals surface area contributed by atoms with E-state index in [9.17, 15) is 0 Å². The third-order valence-corrected chi connectivity index (χ3v) is 2.35. The van der Waals surface area contributed by atoms with E-state index in [1.54, 1.807) is 12.4 Å². The van der Waals surface area contributed by atoms with Crippen molar-refractivity contribution in [3.63, 3.8) is 0 Å². The summed E-state index contributed by atoms with van der Waals surface area (Å²) >= 11 is 0. The molecular weight excluding hydrogens is 204 g/mol. The van der Waals surface area contributed by atoms with Crippen molar-refractivity contribution in [2.45, 2.75) is 32.9 Å². The summed E-state index contributed by atoms with van der Waals surface area (Å²) in [5, 5.41) is 15.3. The molecule has 0 aliphatic carbocycles. The Balaban J connectivity index is 2.42. The molecule has 0 spiro atoms. The quantitative estimate of drug-likeness (QED) is 0.638. The summed E-state index contributed by atoms with van der Waals surface area (Å²) in [5.74, 6) is 0.653. The summed E-state index contributed by atoms with van der Waals surface area (Å²) in [5.41, 5.74) is 1.02. The van der Waals surface area contributed by atoms with Gasteiger partial charge >= 0.3 is 0 Å². The molecule has 0 aliphatic heterocycles. The number of hydrogen-bond acceptors (Lipinski definition) is 5. The average molecular weight is 224 g/mol. The molecule has 1 heterocycles. The summed E-state index contributed by atoms with van der Waals surface area (Å²) in [6, 6.07) is 0.147. The van der Waals surface area contributed by atoms with E-state index in [1.807, 2.05) is 13.8 Å². The van der Waals surface area contributed by atoms with Gasteiger partial charge in [-0.3, -0.25) is 0 Å². The van der Waals surface area contributed by atoms with Gasteiger partial charge in [-0.15, -0.1) is 0 Å². The van der Waals surface area contributed by atoms with Crippen molar-refractivity contribution in [2.24, 2.45) is 0 Å². The van der Waals surface area contributed by atoms with Gasteiger partial charge in [0.1, 0.15) is 0 Å². The van der Waals surface area contributed by atoms with Crippen molar-refractivity contribution >= 4 is 5.95 Å². The van der Waals surface area contributed by atoms with E-state index in [1.165, 1.54) is 0 Å². The highest BCUT2D eigenvalue weighted by Gasteiger charge is 2.03. The van der Waals surface area contributed by atoms with Crippen LogP contribution in [-0.4, -0.2) is 34.3 Å². The Kier molecular flexibility index (Phi) is 5.74. The molecule has 5 heteroatoms. The van der Waals surface area contributed by atoms with Crippen LogP contribution in [0.4, 0.5) is 5.95 Å². The lowest BCUT2D eigenvalue weighted by Gasteiger charge is -2.13.